The SMILES string of the molecule is CN(C)c1ccc(-c2noc(C3CCCN3Cc3ccc(C#N)cc3)n2)cn1. The summed E-state index contributed by atoms with van der Waals surface area (Å²) in [4.78, 5) is 13.4. The van der Waals surface area contributed by atoms with E-state index in [1.165, 1.54) is 5.56 Å². The normalized spacial score (nSPS) is 16.8. The Hall–Kier alpha value is -3.24. The highest BCUT2D eigenvalue weighted by atomic mass is 16.5. The van der Waals surface area contributed by atoms with Crippen LogP contribution < -0.4 is 4.90 Å². The van der Waals surface area contributed by atoms with Gasteiger partial charge in [0.15, 0.2) is 0 Å². The standard InChI is InChI=1S/C21H22N6O/c1-26(2)19-10-9-17(13-23-19)20-24-21(28-25-20)18-4-3-11-27(18)14-16-7-5-15(12-22)6-8-16/h5-10,13,18H,3-4,11,14H2,1-2H3. The van der Waals surface area contributed by atoms with Crippen LogP contribution in [0.25, 0.3) is 11.4 Å². The number of pyridine rings is 1. The van der Waals surface area contributed by atoms with Crippen molar-refractivity contribution < 1.29 is 4.52 Å². The summed E-state index contributed by atoms with van der Waals surface area (Å²) in [6.07, 6.45) is 3.86. The number of benzene rings is 1. The van der Waals surface area contributed by atoms with Crippen LogP contribution in [0, 0.1) is 11.3 Å². The number of rotatable bonds is 5. The summed E-state index contributed by atoms with van der Waals surface area (Å²) in [5.41, 5.74) is 2.70. The van der Waals surface area contributed by atoms with E-state index in [4.69, 9.17) is 9.78 Å². The fourth-order valence-electron chi connectivity index (χ4n) is 3.48. The Bertz CT molecular complexity index is 971. The Kier molecular flexibility index (Phi) is 5.04. The lowest BCUT2D eigenvalue weighted by molar-refractivity contribution is 0.201. The summed E-state index contributed by atoms with van der Waals surface area (Å²) < 4.78 is 5.60. The van der Waals surface area contributed by atoms with Crippen LogP contribution in [0.2, 0.25) is 0 Å². The van der Waals surface area contributed by atoms with E-state index in [1.807, 2.05) is 55.4 Å². The van der Waals surface area contributed by atoms with Crippen LogP contribution >= 0.6 is 0 Å². The minimum absolute atomic E-state index is 0.117. The monoisotopic (exact) mass is 374 g/mol. The molecule has 0 N–H and O–H groups in total. The number of hydrogen-bond acceptors (Lipinski definition) is 7. The van der Waals surface area contributed by atoms with E-state index in [0.717, 1.165) is 37.3 Å². The quantitative estimate of drug-likeness (QED) is 0.677. The van der Waals surface area contributed by atoms with Gasteiger partial charge in [-0.2, -0.15) is 10.2 Å². The Labute approximate surface area is 164 Å². The topological polar surface area (TPSA) is 82.1 Å². The minimum Gasteiger partial charge on any atom is -0.363 e. The zero-order valence-corrected chi connectivity index (χ0v) is 16.0. The lowest BCUT2D eigenvalue weighted by atomic mass is 10.1. The molecule has 0 bridgehead atoms. The summed E-state index contributed by atoms with van der Waals surface area (Å²) in [7, 11) is 3.91. The van der Waals surface area contributed by atoms with Gasteiger partial charge in [0.25, 0.3) is 0 Å². The second-order valence-corrected chi connectivity index (χ2v) is 7.19. The lowest BCUT2D eigenvalue weighted by Gasteiger charge is -2.21. The summed E-state index contributed by atoms with van der Waals surface area (Å²) in [6, 6.07) is 13.9. The summed E-state index contributed by atoms with van der Waals surface area (Å²) in [5.74, 6) is 2.10. The number of nitrogens with zero attached hydrogens (tertiary/aromatic N) is 6. The van der Waals surface area contributed by atoms with Gasteiger partial charge in [0, 0.05) is 32.4 Å². The molecule has 1 atom stereocenters. The van der Waals surface area contributed by atoms with Crippen molar-refractivity contribution in [3.05, 3.63) is 59.6 Å². The zero-order chi connectivity index (χ0) is 19.5. The highest BCUT2D eigenvalue weighted by molar-refractivity contribution is 5.55. The molecule has 1 aromatic carbocycles. The van der Waals surface area contributed by atoms with E-state index in [1.54, 1.807) is 6.20 Å². The Morgan fingerprint density at radius 2 is 2.04 bits per heavy atom. The van der Waals surface area contributed by atoms with Crippen molar-refractivity contribution in [3.63, 3.8) is 0 Å². The zero-order valence-electron chi connectivity index (χ0n) is 16.0. The van der Waals surface area contributed by atoms with Gasteiger partial charge in [-0.05, 0) is 49.2 Å². The van der Waals surface area contributed by atoms with Crippen LogP contribution in [0.15, 0.2) is 47.1 Å². The van der Waals surface area contributed by atoms with Gasteiger partial charge in [-0.15, -0.1) is 0 Å². The molecular weight excluding hydrogens is 352 g/mol. The van der Waals surface area contributed by atoms with Gasteiger partial charge in [-0.1, -0.05) is 17.3 Å². The van der Waals surface area contributed by atoms with Gasteiger partial charge in [0.2, 0.25) is 11.7 Å². The summed E-state index contributed by atoms with van der Waals surface area (Å²) in [6.45, 7) is 1.79. The van der Waals surface area contributed by atoms with Crippen molar-refractivity contribution in [2.75, 3.05) is 25.5 Å². The number of hydrogen-bond donors (Lipinski definition) is 0. The smallest absolute Gasteiger partial charge is 0.244 e. The van der Waals surface area contributed by atoms with E-state index in [0.29, 0.717) is 17.3 Å². The molecule has 2 aromatic heterocycles. The van der Waals surface area contributed by atoms with Crippen molar-refractivity contribution in [2.24, 2.45) is 0 Å². The molecule has 4 rings (SSSR count). The van der Waals surface area contributed by atoms with Crippen LogP contribution in [-0.2, 0) is 6.54 Å². The van der Waals surface area contributed by atoms with E-state index in [9.17, 15) is 0 Å². The first kappa shape index (κ1) is 18.1. The first-order valence-electron chi connectivity index (χ1n) is 9.34. The third-order valence-corrected chi connectivity index (χ3v) is 5.02. The Morgan fingerprint density at radius 1 is 1.21 bits per heavy atom. The first-order valence-corrected chi connectivity index (χ1v) is 9.34. The predicted octanol–water partition coefficient (Wildman–Crippen LogP) is 3.41. The van der Waals surface area contributed by atoms with Gasteiger partial charge in [0.05, 0.1) is 17.7 Å². The van der Waals surface area contributed by atoms with Gasteiger partial charge in [-0.3, -0.25) is 4.90 Å². The Balaban J connectivity index is 1.49. The average Bonchev–Trinajstić information content (AvgIpc) is 3.38. The maximum absolute atomic E-state index is 8.95. The van der Waals surface area contributed by atoms with Gasteiger partial charge >= 0.3 is 0 Å². The molecule has 7 heteroatoms. The molecular formula is C21H22N6O. The molecule has 28 heavy (non-hydrogen) atoms. The maximum atomic E-state index is 8.95. The first-order chi connectivity index (χ1) is 13.6. The molecule has 7 nitrogen and oxygen atoms in total. The predicted molar refractivity (Wildman–Crippen MR) is 105 cm³/mol. The van der Waals surface area contributed by atoms with E-state index >= 15 is 0 Å². The minimum atomic E-state index is 0.117. The number of anilines is 1. The van der Waals surface area contributed by atoms with Crippen molar-refractivity contribution in [3.8, 4) is 17.5 Å². The van der Waals surface area contributed by atoms with Crippen LogP contribution in [0.5, 0.6) is 0 Å². The van der Waals surface area contributed by atoms with Crippen molar-refractivity contribution in [1.82, 2.24) is 20.0 Å². The Morgan fingerprint density at radius 3 is 2.71 bits per heavy atom. The number of nitriles is 1. The summed E-state index contributed by atoms with van der Waals surface area (Å²) in [5, 5.41) is 13.1. The third-order valence-electron chi connectivity index (χ3n) is 5.02. The van der Waals surface area contributed by atoms with Crippen LogP contribution in [0.1, 0.15) is 35.9 Å². The van der Waals surface area contributed by atoms with E-state index in [-0.39, 0.29) is 6.04 Å². The molecule has 1 saturated heterocycles. The van der Waals surface area contributed by atoms with Gasteiger partial charge < -0.3 is 9.42 Å². The van der Waals surface area contributed by atoms with Crippen molar-refractivity contribution in [2.45, 2.75) is 25.4 Å². The molecule has 1 unspecified atom stereocenters. The van der Waals surface area contributed by atoms with E-state index in [2.05, 4.69) is 26.1 Å². The van der Waals surface area contributed by atoms with Crippen molar-refractivity contribution >= 4 is 5.82 Å². The fraction of sp³-hybridized carbons (Fsp3) is 0.333. The summed E-state index contributed by atoms with van der Waals surface area (Å²) >= 11 is 0. The van der Waals surface area contributed by atoms with Crippen LogP contribution in [0.3, 0.4) is 0 Å². The van der Waals surface area contributed by atoms with Gasteiger partial charge in [0.1, 0.15) is 5.82 Å². The highest BCUT2D eigenvalue weighted by Gasteiger charge is 2.30. The lowest BCUT2D eigenvalue weighted by Crippen LogP contribution is -2.23. The second-order valence-electron chi connectivity index (χ2n) is 7.19. The molecule has 1 fully saturated rings. The maximum Gasteiger partial charge on any atom is 0.244 e. The molecule has 1 aliphatic heterocycles. The second kappa shape index (κ2) is 7.79. The third kappa shape index (κ3) is 3.73. The van der Waals surface area contributed by atoms with Gasteiger partial charge in [-0.25, -0.2) is 4.98 Å². The number of likely N-dealkylation sites (tertiary alicyclic amines) is 1. The average molecular weight is 374 g/mol. The molecule has 0 amide bonds. The molecule has 0 saturated carbocycles. The molecule has 0 radical (unpaired) electrons. The highest BCUT2D eigenvalue weighted by Crippen LogP contribution is 2.33. The number of aromatic nitrogens is 3. The van der Waals surface area contributed by atoms with Crippen LogP contribution in [0.4, 0.5) is 5.82 Å². The fourth-order valence-corrected chi connectivity index (χ4v) is 3.48. The molecule has 3 heterocycles. The van der Waals surface area contributed by atoms with E-state index < -0.39 is 0 Å². The molecule has 0 aliphatic carbocycles. The largest absolute Gasteiger partial charge is 0.363 e. The molecule has 1 aliphatic rings. The molecule has 3 aromatic rings. The molecule has 142 valence electrons. The van der Waals surface area contributed by atoms with Crippen molar-refractivity contribution in [1.29, 1.82) is 5.26 Å². The van der Waals surface area contributed by atoms with Crippen LogP contribution in [-0.4, -0.2) is 40.7 Å². The molecule has 0 spiro atoms.